The highest BCUT2D eigenvalue weighted by molar-refractivity contribution is 5.83. The molecule has 0 aromatic rings. The van der Waals surface area contributed by atoms with Crippen LogP contribution >= 0.6 is 0 Å². The maximum absolute atomic E-state index is 11.4. The Morgan fingerprint density at radius 1 is 1.31 bits per heavy atom. The van der Waals surface area contributed by atoms with Gasteiger partial charge in [-0.25, -0.2) is 0 Å². The zero-order chi connectivity index (χ0) is 10.4. The van der Waals surface area contributed by atoms with E-state index in [1.54, 1.807) is 0 Å². The fraction of sp³-hybridized carbons (Fsp3) is 0.909. The monoisotopic (exact) mass is 186 g/mol. The molecule has 0 radical (unpaired) electrons. The Labute approximate surface area is 81.3 Å². The van der Waals surface area contributed by atoms with Crippen molar-refractivity contribution >= 4 is 5.78 Å². The average Bonchev–Trinajstić information content (AvgIpc) is 2.11. The molecule has 0 rings (SSSR count). The molecule has 0 aromatic carbocycles. The molecule has 2 unspecified atom stereocenters. The van der Waals surface area contributed by atoms with Crippen LogP contribution < -0.4 is 0 Å². The number of Topliss-reactive ketones (excluding diaryl/α,β-unsaturated/α-hetero) is 1. The molecule has 0 aliphatic rings. The van der Waals surface area contributed by atoms with Gasteiger partial charge in [-0.05, 0) is 18.3 Å². The van der Waals surface area contributed by atoms with Crippen LogP contribution in [0, 0.1) is 11.8 Å². The first-order valence-corrected chi connectivity index (χ1v) is 5.19. The van der Waals surface area contributed by atoms with E-state index >= 15 is 0 Å². The summed E-state index contributed by atoms with van der Waals surface area (Å²) in [5.41, 5.74) is 0. The van der Waals surface area contributed by atoms with Gasteiger partial charge in [0.2, 0.25) is 0 Å². The van der Waals surface area contributed by atoms with Crippen LogP contribution in [0.4, 0.5) is 0 Å². The second-order valence-electron chi connectivity index (χ2n) is 4.23. The number of aliphatic hydroxyl groups excluding tert-OH is 1. The normalized spacial score (nSPS) is 15.8. The molecule has 0 saturated heterocycles. The predicted molar refractivity (Wildman–Crippen MR) is 54.5 cm³/mol. The Bertz CT molecular complexity index is 152. The van der Waals surface area contributed by atoms with Crippen LogP contribution in [-0.4, -0.2) is 17.0 Å². The molecule has 0 aliphatic carbocycles. The van der Waals surface area contributed by atoms with E-state index in [0.29, 0.717) is 12.3 Å². The lowest BCUT2D eigenvalue weighted by Gasteiger charge is -2.16. The zero-order valence-corrected chi connectivity index (χ0v) is 9.21. The maximum Gasteiger partial charge on any atom is 0.161 e. The first-order chi connectivity index (χ1) is 5.99. The summed E-state index contributed by atoms with van der Waals surface area (Å²) in [6, 6.07) is 0. The van der Waals surface area contributed by atoms with Gasteiger partial charge in [0, 0.05) is 6.42 Å². The Balaban J connectivity index is 3.82. The summed E-state index contributed by atoms with van der Waals surface area (Å²) in [4.78, 5) is 11.4. The van der Waals surface area contributed by atoms with Gasteiger partial charge in [-0.2, -0.15) is 0 Å². The lowest BCUT2D eigenvalue weighted by Crippen LogP contribution is -2.27. The third-order valence-electron chi connectivity index (χ3n) is 2.48. The van der Waals surface area contributed by atoms with Gasteiger partial charge < -0.3 is 5.11 Å². The number of ketones is 1. The first kappa shape index (κ1) is 12.6. The minimum Gasteiger partial charge on any atom is -0.385 e. The van der Waals surface area contributed by atoms with Crippen molar-refractivity contribution in [2.24, 2.45) is 11.8 Å². The minimum atomic E-state index is -0.747. The maximum atomic E-state index is 11.4. The van der Waals surface area contributed by atoms with Crippen molar-refractivity contribution in [2.45, 2.75) is 53.1 Å². The van der Waals surface area contributed by atoms with Crippen molar-refractivity contribution in [3.8, 4) is 0 Å². The number of hydrogen-bond acceptors (Lipinski definition) is 2. The highest BCUT2D eigenvalue weighted by atomic mass is 16.3. The van der Waals surface area contributed by atoms with E-state index in [0.717, 1.165) is 12.8 Å². The lowest BCUT2D eigenvalue weighted by atomic mass is 9.94. The molecular weight excluding hydrogens is 164 g/mol. The third kappa shape index (κ3) is 5.04. The molecule has 2 atom stereocenters. The van der Waals surface area contributed by atoms with Gasteiger partial charge in [0.05, 0.1) is 0 Å². The summed E-state index contributed by atoms with van der Waals surface area (Å²) in [6.45, 7) is 8.08. The van der Waals surface area contributed by atoms with E-state index < -0.39 is 6.10 Å². The van der Waals surface area contributed by atoms with E-state index in [2.05, 4.69) is 13.8 Å². The molecule has 78 valence electrons. The second kappa shape index (κ2) is 6.14. The standard InChI is InChI=1S/C11H22O2/c1-5-9(4)11(13)10(12)7-6-8(2)3/h8-9,11,13H,5-7H2,1-4H3. The smallest absolute Gasteiger partial charge is 0.161 e. The summed E-state index contributed by atoms with van der Waals surface area (Å²) in [5.74, 6) is 0.635. The highest BCUT2D eigenvalue weighted by Crippen LogP contribution is 2.12. The Kier molecular flexibility index (Phi) is 5.97. The summed E-state index contributed by atoms with van der Waals surface area (Å²) in [5, 5.41) is 9.55. The van der Waals surface area contributed by atoms with Crippen LogP contribution in [0.3, 0.4) is 0 Å². The Morgan fingerprint density at radius 2 is 1.85 bits per heavy atom. The van der Waals surface area contributed by atoms with Crippen LogP contribution in [0.25, 0.3) is 0 Å². The van der Waals surface area contributed by atoms with Crippen LogP contribution in [-0.2, 0) is 4.79 Å². The van der Waals surface area contributed by atoms with E-state index in [1.165, 1.54) is 0 Å². The number of hydrogen-bond donors (Lipinski definition) is 1. The van der Waals surface area contributed by atoms with E-state index in [9.17, 15) is 9.90 Å². The van der Waals surface area contributed by atoms with Gasteiger partial charge >= 0.3 is 0 Å². The Hall–Kier alpha value is -0.370. The molecule has 2 heteroatoms. The molecule has 0 saturated carbocycles. The van der Waals surface area contributed by atoms with Crippen molar-refractivity contribution < 1.29 is 9.90 Å². The SMILES string of the molecule is CCC(C)C(O)C(=O)CCC(C)C. The summed E-state index contributed by atoms with van der Waals surface area (Å²) >= 11 is 0. The number of carbonyl (C=O) groups excluding carboxylic acids is 1. The van der Waals surface area contributed by atoms with Crippen LogP contribution in [0.5, 0.6) is 0 Å². The zero-order valence-electron chi connectivity index (χ0n) is 9.21. The molecule has 13 heavy (non-hydrogen) atoms. The van der Waals surface area contributed by atoms with E-state index in [1.807, 2.05) is 13.8 Å². The fourth-order valence-corrected chi connectivity index (χ4v) is 1.12. The highest BCUT2D eigenvalue weighted by Gasteiger charge is 2.20. The molecule has 0 amide bonds. The molecule has 0 heterocycles. The number of aliphatic hydroxyl groups is 1. The van der Waals surface area contributed by atoms with Gasteiger partial charge in [-0.15, -0.1) is 0 Å². The van der Waals surface area contributed by atoms with Gasteiger partial charge in [0.25, 0.3) is 0 Å². The molecular formula is C11H22O2. The quantitative estimate of drug-likeness (QED) is 0.691. The van der Waals surface area contributed by atoms with Crippen LogP contribution in [0.15, 0.2) is 0 Å². The van der Waals surface area contributed by atoms with Crippen molar-refractivity contribution in [1.29, 1.82) is 0 Å². The largest absolute Gasteiger partial charge is 0.385 e. The lowest BCUT2D eigenvalue weighted by molar-refractivity contribution is -0.129. The first-order valence-electron chi connectivity index (χ1n) is 5.19. The predicted octanol–water partition coefficient (Wildman–Crippen LogP) is 2.40. The minimum absolute atomic E-state index is 0.00282. The molecule has 1 N–H and O–H groups in total. The third-order valence-corrected chi connectivity index (χ3v) is 2.48. The van der Waals surface area contributed by atoms with Crippen molar-refractivity contribution in [1.82, 2.24) is 0 Å². The van der Waals surface area contributed by atoms with Gasteiger partial charge in [-0.3, -0.25) is 4.79 Å². The molecule has 0 bridgehead atoms. The Morgan fingerprint density at radius 3 is 2.23 bits per heavy atom. The second-order valence-corrected chi connectivity index (χ2v) is 4.23. The van der Waals surface area contributed by atoms with Gasteiger partial charge in [0.1, 0.15) is 6.10 Å². The van der Waals surface area contributed by atoms with Crippen molar-refractivity contribution in [3.63, 3.8) is 0 Å². The van der Waals surface area contributed by atoms with Crippen molar-refractivity contribution in [2.75, 3.05) is 0 Å². The molecule has 0 aromatic heterocycles. The molecule has 0 spiro atoms. The van der Waals surface area contributed by atoms with Crippen molar-refractivity contribution in [3.05, 3.63) is 0 Å². The van der Waals surface area contributed by atoms with Crippen LogP contribution in [0.2, 0.25) is 0 Å². The van der Waals surface area contributed by atoms with Gasteiger partial charge in [0.15, 0.2) is 5.78 Å². The fourth-order valence-electron chi connectivity index (χ4n) is 1.12. The van der Waals surface area contributed by atoms with E-state index in [-0.39, 0.29) is 11.7 Å². The summed E-state index contributed by atoms with van der Waals surface area (Å²) in [7, 11) is 0. The number of rotatable bonds is 6. The average molecular weight is 186 g/mol. The van der Waals surface area contributed by atoms with Gasteiger partial charge in [-0.1, -0.05) is 34.1 Å². The number of carbonyl (C=O) groups is 1. The summed E-state index contributed by atoms with van der Waals surface area (Å²) < 4.78 is 0. The molecule has 0 fully saturated rings. The van der Waals surface area contributed by atoms with E-state index in [4.69, 9.17) is 0 Å². The topological polar surface area (TPSA) is 37.3 Å². The molecule has 2 nitrogen and oxygen atoms in total. The molecule has 0 aliphatic heterocycles. The summed E-state index contributed by atoms with van der Waals surface area (Å²) in [6.07, 6.45) is 1.51. The van der Waals surface area contributed by atoms with Crippen LogP contribution in [0.1, 0.15) is 47.0 Å².